The number of halogens is 2. The third kappa shape index (κ3) is 3.27. The molecular formula is C20H20ClFN6O. The van der Waals surface area contributed by atoms with Crippen LogP contribution in [0.5, 0.6) is 0 Å². The molecule has 3 atom stereocenters. The number of hydrogen-bond acceptors (Lipinski definition) is 7. The van der Waals surface area contributed by atoms with Crippen LogP contribution in [0, 0.1) is 12.7 Å². The number of fused-ring (bicyclic) bond motifs is 3. The molecule has 3 aromatic rings. The van der Waals surface area contributed by atoms with Crippen molar-refractivity contribution in [1.29, 1.82) is 0 Å². The molecule has 3 N–H and O–H groups in total. The number of anilines is 2. The molecule has 7 nitrogen and oxygen atoms in total. The highest BCUT2D eigenvalue weighted by Crippen LogP contribution is 2.33. The first-order valence-corrected chi connectivity index (χ1v) is 9.87. The molecule has 150 valence electrons. The molecule has 9 heteroatoms. The molecule has 2 aromatic heterocycles. The molecule has 0 aliphatic carbocycles. The predicted molar refractivity (Wildman–Crippen MR) is 110 cm³/mol. The van der Waals surface area contributed by atoms with Gasteiger partial charge in [0, 0.05) is 42.0 Å². The third-order valence-corrected chi connectivity index (χ3v) is 5.92. The summed E-state index contributed by atoms with van der Waals surface area (Å²) in [5.41, 5.74) is 7.48. The zero-order chi connectivity index (χ0) is 20.1. The Kier molecular flexibility index (Phi) is 4.49. The van der Waals surface area contributed by atoms with E-state index in [4.69, 9.17) is 22.1 Å². The van der Waals surface area contributed by atoms with Crippen LogP contribution in [0.3, 0.4) is 0 Å². The van der Waals surface area contributed by atoms with Gasteiger partial charge in [0.1, 0.15) is 17.8 Å². The van der Waals surface area contributed by atoms with Gasteiger partial charge in [0.25, 0.3) is 0 Å². The Balaban J connectivity index is 1.50. The van der Waals surface area contributed by atoms with Crippen LogP contribution >= 0.6 is 11.6 Å². The van der Waals surface area contributed by atoms with Gasteiger partial charge in [0.2, 0.25) is 0 Å². The summed E-state index contributed by atoms with van der Waals surface area (Å²) < 4.78 is 19.5. The molecule has 0 amide bonds. The largest absolute Gasteiger partial charge is 0.371 e. The van der Waals surface area contributed by atoms with E-state index in [1.54, 1.807) is 12.1 Å². The quantitative estimate of drug-likeness (QED) is 0.634. The van der Waals surface area contributed by atoms with Crippen LogP contribution in [0.15, 0.2) is 30.5 Å². The Morgan fingerprint density at radius 2 is 2.03 bits per heavy atom. The van der Waals surface area contributed by atoms with Gasteiger partial charge in [-0.05, 0) is 19.1 Å². The van der Waals surface area contributed by atoms with Crippen LogP contribution in [0.2, 0.25) is 5.02 Å². The highest BCUT2D eigenvalue weighted by atomic mass is 35.5. The minimum absolute atomic E-state index is 0.00762. The molecule has 3 fully saturated rings. The van der Waals surface area contributed by atoms with Crippen molar-refractivity contribution in [2.45, 2.75) is 31.7 Å². The number of hydrogen-bond donors (Lipinski definition) is 2. The lowest BCUT2D eigenvalue weighted by Crippen LogP contribution is -2.57. The molecule has 2 bridgehead atoms. The van der Waals surface area contributed by atoms with Crippen molar-refractivity contribution in [1.82, 2.24) is 15.2 Å². The minimum atomic E-state index is -0.744. The number of benzene rings is 1. The van der Waals surface area contributed by atoms with Crippen molar-refractivity contribution in [3.63, 3.8) is 0 Å². The van der Waals surface area contributed by atoms with E-state index in [0.717, 1.165) is 41.8 Å². The van der Waals surface area contributed by atoms with E-state index in [-0.39, 0.29) is 17.2 Å². The number of aryl methyl sites for hydroxylation is 1. The fourth-order valence-electron chi connectivity index (χ4n) is 3.97. The number of aromatic nitrogens is 3. The zero-order valence-corrected chi connectivity index (χ0v) is 16.5. The number of nitrogens with two attached hydrogens (primary N) is 1. The lowest BCUT2D eigenvalue weighted by atomic mass is 9.99. The number of ether oxygens (including phenoxy) is 1. The molecular weight excluding hydrogens is 395 g/mol. The van der Waals surface area contributed by atoms with Crippen molar-refractivity contribution in [2.24, 2.45) is 5.73 Å². The molecule has 5 heterocycles. The van der Waals surface area contributed by atoms with Crippen LogP contribution in [-0.2, 0) is 4.74 Å². The van der Waals surface area contributed by atoms with E-state index in [2.05, 4.69) is 25.4 Å². The third-order valence-electron chi connectivity index (χ3n) is 5.53. The molecule has 3 saturated heterocycles. The standard InChI is InChI=1S/C20H20ClFN6O/c1-10-15-7-24-17(28-8-11-5-12(9-28)29-11)6-14(15)20(27-26-10)25-19(23)13-3-2-4-16(22)18(13)21/h2-4,6-7,11-12,19H,5,8-9,23H2,1H3,(H,25,27)/t11?,12?,19-/m0/s1. The van der Waals surface area contributed by atoms with E-state index >= 15 is 0 Å². The van der Waals surface area contributed by atoms with Gasteiger partial charge in [-0.25, -0.2) is 9.37 Å². The second kappa shape index (κ2) is 7.05. The molecule has 6 rings (SSSR count). The summed E-state index contributed by atoms with van der Waals surface area (Å²) in [5.74, 6) is 0.849. The average Bonchev–Trinajstić information content (AvgIpc) is 2.71. The zero-order valence-electron chi connectivity index (χ0n) is 15.8. The Hall–Kier alpha value is -2.55. The number of nitrogens with one attached hydrogen (secondary N) is 1. The smallest absolute Gasteiger partial charge is 0.158 e. The van der Waals surface area contributed by atoms with E-state index < -0.39 is 12.0 Å². The van der Waals surface area contributed by atoms with Crippen LogP contribution in [0.4, 0.5) is 16.0 Å². The first-order chi connectivity index (χ1) is 14.0. The Bertz CT molecular complexity index is 1080. The molecule has 3 aliphatic rings. The van der Waals surface area contributed by atoms with Crippen molar-refractivity contribution in [2.75, 3.05) is 23.3 Å². The normalized spacial score (nSPS) is 21.7. The van der Waals surface area contributed by atoms with E-state index in [9.17, 15) is 4.39 Å². The summed E-state index contributed by atoms with van der Waals surface area (Å²) in [4.78, 5) is 6.85. The molecule has 0 saturated carbocycles. The van der Waals surface area contributed by atoms with E-state index in [0.29, 0.717) is 11.4 Å². The maximum Gasteiger partial charge on any atom is 0.158 e. The number of nitrogens with zero attached hydrogens (tertiary/aromatic N) is 4. The summed E-state index contributed by atoms with van der Waals surface area (Å²) in [6.07, 6.45) is 2.74. The van der Waals surface area contributed by atoms with E-state index in [1.807, 2.05) is 19.2 Å². The topological polar surface area (TPSA) is 89.2 Å². The van der Waals surface area contributed by atoms with Gasteiger partial charge in [-0.2, -0.15) is 5.10 Å². The van der Waals surface area contributed by atoms with Crippen LogP contribution in [-0.4, -0.2) is 40.5 Å². The summed E-state index contributed by atoms with van der Waals surface area (Å²) in [7, 11) is 0. The van der Waals surface area contributed by atoms with Crippen LogP contribution in [0.25, 0.3) is 10.8 Å². The van der Waals surface area contributed by atoms with Crippen molar-refractivity contribution in [3.05, 3.63) is 52.6 Å². The fraction of sp³-hybridized carbons (Fsp3) is 0.350. The summed E-state index contributed by atoms with van der Waals surface area (Å²) >= 11 is 6.08. The number of pyridine rings is 1. The van der Waals surface area contributed by atoms with E-state index in [1.165, 1.54) is 6.07 Å². The van der Waals surface area contributed by atoms with Crippen molar-refractivity contribution < 1.29 is 9.13 Å². The fourth-order valence-corrected chi connectivity index (χ4v) is 4.21. The Labute approximate surface area is 172 Å². The first kappa shape index (κ1) is 18.5. The summed E-state index contributed by atoms with van der Waals surface area (Å²) in [5, 5.41) is 13.3. The van der Waals surface area contributed by atoms with Crippen molar-refractivity contribution >= 4 is 34.0 Å². The maximum atomic E-state index is 13.8. The first-order valence-electron chi connectivity index (χ1n) is 9.49. The summed E-state index contributed by atoms with van der Waals surface area (Å²) in [6.45, 7) is 3.54. The number of morpholine rings is 1. The molecule has 1 aromatic carbocycles. The highest BCUT2D eigenvalue weighted by Gasteiger charge is 2.38. The van der Waals surface area contributed by atoms with Gasteiger partial charge >= 0.3 is 0 Å². The van der Waals surface area contributed by atoms with Gasteiger partial charge < -0.3 is 20.7 Å². The number of rotatable bonds is 4. The second-order valence-electron chi connectivity index (χ2n) is 7.51. The second-order valence-corrected chi connectivity index (χ2v) is 7.89. The average molecular weight is 415 g/mol. The molecule has 0 spiro atoms. The molecule has 3 aliphatic heterocycles. The van der Waals surface area contributed by atoms with Crippen LogP contribution in [0.1, 0.15) is 23.8 Å². The van der Waals surface area contributed by atoms with Gasteiger partial charge in [0.05, 0.1) is 22.9 Å². The summed E-state index contributed by atoms with van der Waals surface area (Å²) in [6, 6.07) is 6.54. The lowest BCUT2D eigenvalue weighted by molar-refractivity contribution is -0.133. The molecule has 29 heavy (non-hydrogen) atoms. The predicted octanol–water partition coefficient (Wildman–Crippen LogP) is 3.17. The highest BCUT2D eigenvalue weighted by molar-refractivity contribution is 6.31. The SMILES string of the molecule is Cc1nnc(N[C@H](N)c2cccc(F)c2Cl)c2cc(N3CC4CC(C3)O4)ncc12. The van der Waals surface area contributed by atoms with Gasteiger partial charge in [-0.15, -0.1) is 5.10 Å². The Morgan fingerprint density at radius 1 is 1.28 bits per heavy atom. The van der Waals surface area contributed by atoms with Gasteiger partial charge in [0.15, 0.2) is 5.82 Å². The van der Waals surface area contributed by atoms with Gasteiger partial charge in [-0.3, -0.25) is 0 Å². The lowest BCUT2D eigenvalue weighted by Gasteiger charge is -2.47. The maximum absolute atomic E-state index is 13.8. The molecule has 0 radical (unpaired) electrons. The number of piperidine rings is 1. The van der Waals surface area contributed by atoms with Crippen molar-refractivity contribution in [3.8, 4) is 0 Å². The minimum Gasteiger partial charge on any atom is -0.371 e. The van der Waals surface area contributed by atoms with Gasteiger partial charge in [-0.1, -0.05) is 23.7 Å². The Morgan fingerprint density at radius 3 is 2.79 bits per heavy atom. The van der Waals surface area contributed by atoms with Crippen LogP contribution < -0.4 is 16.0 Å². The molecule has 2 unspecified atom stereocenters. The monoisotopic (exact) mass is 414 g/mol.